The molecule has 3 aromatic rings. The number of piperidine rings is 1. The molecule has 0 radical (unpaired) electrons. The van der Waals surface area contributed by atoms with Crippen molar-refractivity contribution in [3.8, 4) is 0 Å². The van der Waals surface area contributed by atoms with Gasteiger partial charge in [0.05, 0.1) is 12.2 Å². The van der Waals surface area contributed by atoms with Crippen LogP contribution in [-0.2, 0) is 13.1 Å². The first-order valence-corrected chi connectivity index (χ1v) is 9.48. The molecule has 140 valence electrons. The number of nitrogens with zero attached hydrogens (tertiary/aromatic N) is 6. The van der Waals surface area contributed by atoms with Crippen molar-refractivity contribution in [1.82, 2.24) is 29.2 Å². The average molecular weight is 364 g/mol. The molecule has 1 saturated heterocycles. The number of hydrogen-bond acceptors (Lipinski definition) is 4. The van der Waals surface area contributed by atoms with Gasteiger partial charge in [-0.15, -0.1) is 0 Å². The summed E-state index contributed by atoms with van der Waals surface area (Å²) in [5.41, 5.74) is 1.67. The van der Waals surface area contributed by atoms with Crippen molar-refractivity contribution >= 4 is 5.91 Å². The molecule has 3 aromatic heterocycles. The standard InChI is InChI=1S/C20H24N6O/c1-2-26-18(8-10-23-26)20(27)25-12-5-6-16(14-25)19-22-11-13-24(19)15-17-7-3-4-9-21-17/h3-4,7-11,13,16H,2,5-6,12,14-15H2,1H3/t16-/m0/s1. The lowest BCUT2D eigenvalue weighted by Gasteiger charge is -2.32. The largest absolute Gasteiger partial charge is 0.337 e. The third-order valence-corrected chi connectivity index (χ3v) is 5.12. The number of pyridine rings is 1. The molecule has 7 heteroatoms. The van der Waals surface area contributed by atoms with Gasteiger partial charge in [0.25, 0.3) is 5.91 Å². The first kappa shape index (κ1) is 17.5. The van der Waals surface area contributed by atoms with E-state index in [-0.39, 0.29) is 11.8 Å². The third kappa shape index (κ3) is 3.63. The van der Waals surface area contributed by atoms with Crippen LogP contribution in [0.1, 0.15) is 47.7 Å². The first-order valence-electron chi connectivity index (χ1n) is 9.48. The second-order valence-corrected chi connectivity index (χ2v) is 6.86. The topological polar surface area (TPSA) is 68.8 Å². The number of aryl methyl sites for hydroxylation is 1. The summed E-state index contributed by atoms with van der Waals surface area (Å²) in [6.07, 6.45) is 9.35. The number of hydrogen-bond donors (Lipinski definition) is 0. The Labute approximate surface area is 158 Å². The molecule has 0 N–H and O–H groups in total. The predicted molar refractivity (Wildman–Crippen MR) is 101 cm³/mol. The molecular weight excluding hydrogens is 340 g/mol. The summed E-state index contributed by atoms with van der Waals surface area (Å²) in [6, 6.07) is 7.74. The van der Waals surface area contributed by atoms with Crippen LogP contribution in [-0.4, -0.2) is 48.2 Å². The quantitative estimate of drug-likeness (QED) is 0.698. The molecule has 1 amide bonds. The Morgan fingerprint density at radius 3 is 2.93 bits per heavy atom. The van der Waals surface area contributed by atoms with Gasteiger partial charge in [-0.25, -0.2) is 4.98 Å². The number of amides is 1. The Bertz CT molecular complexity index is 900. The normalized spacial score (nSPS) is 17.2. The van der Waals surface area contributed by atoms with Crippen LogP contribution in [0.5, 0.6) is 0 Å². The molecule has 1 fully saturated rings. The Morgan fingerprint density at radius 2 is 2.11 bits per heavy atom. The minimum absolute atomic E-state index is 0.0573. The number of imidazole rings is 1. The van der Waals surface area contributed by atoms with Crippen molar-refractivity contribution in [3.63, 3.8) is 0 Å². The SMILES string of the molecule is CCn1nccc1C(=O)N1CCC[C@H](c2nccn2Cc2ccccn2)C1. The number of carbonyl (C=O) groups is 1. The van der Waals surface area contributed by atoms with Crippen molar-refractivity contribution in [1.29, 1.82) is 0 Å². The zero-order valence-corrected chi connectivity index (χ0v) is 15.5. The van der Waals surface area contributed by atoms with Gasteiger partial charge in [0.2, 0.25) is 0 Å². The van der Waals surface area contributed by atoms with Crippen molar-refractivity contribution in [2.75, 3.05) is 13.1 Å². The minimum atomic E-state index is 0.0573. The maximum atomic E-state index is 13.0. The highest BCUT2D eigenvalue weighted by Crippen LogP contribution is 2.27. The molecule has 0 spiro atoms. The summed E-state index contributed by atoms with van der Waals surface area (Å²) >= 11 is 0. The number of aromatic nitrogens is 5. The molecule has 1 atom stereocenters. The van der Waals surface area contributed by atoms with Gasteiger partial charge in [0, 0.05) is 50.3 Å². The lowest BCUT2D eigenvalue weighted by molar-refractivity contribution is 0.0691. The van der Waals surface area contributed by atoms with E-state index in [1.54, 1.807) is 16.9 Å². The highest BCUT2D eigenvalue weighted by atomic mass is 16.2. The van der Waals surface area contributed by atoms with E-state index in [1.165, 1.54) is 0 Å². The van der Waals surface area contributed by atoms with Crippen LogP contribution in [0.15, 0.2) is 49.1 Å². The minimum Gasteiger partial charge on any atom is -0.337 e. The smallest absolute Gasteiger partial charge is 0.272 e. The molecule has 4 rings (SSSR count). The highest BCUT2D eigenvalue weighted by Gasteiger charge is 2.29. The Balaban J connectivity index is 1.51. The molecule has 0 unspecified atom stereocenters. The van der Waals surface area contributed by atoms with E-state index in [4.69, 9.17) is 0 Å². The predicted octanol–water partition coefficient (Wildman–Crippen LogP) is 2.56. The van der Waals surface area contributed by atoms with E-state index in [9.17, 15) is 4.79 Å². The van der Waals surface area contributed by atoms with Crippen molar-refractivity contribution in [2.45, 2.75) is 38.8 Å². The number of likely N-dealkylation sites (tertiary alicyclic amines) is 1. The Kier molecular flexibility index (Phi) is 5.00. The van der Waals surface area contributed by atoms with E-state index < -0.39 is 0 Å². The summed E-state index contributed by atoms with van der Waals surface area (Å²) in [5, 5.41) is 4.23. The summed E-state index contributed by atoms with van der Waals surface area (Å²) in [5.74, 6) is 1.32. The number of carbonyl (C=O) groups excluding carboxylic acids is 1. The van der Waals surface area contributed by atoms with Gasteiger partial charge in [-0.2, -0.15) is 5.10 Å². The summed E-state index contributed by atoms with van der Waals surface area (Å²) in [6.45, 7) is 4.86. The van der Waals surface area contributed by atoms with E-state index in [2.05, 4.69) is 19.6 Å². The van der Waals surface area contributed by atoms with Gasteiger partial charge >= 0.3 is 0 Å². The molecule has 1 aliphatic rings. The van der Waals surface area contributed by atoms with Crippen LogP contribution in [0.3, 0.4) is 0 Å². The third-order valence-electron chi connectivity index (χ3n) is 5.12. The van der Waals surface area contributed by atoms with Crippen LogP contribution < -0.4 is 0 Å². The monoisotopic (exact) mass is 364 g/mol. The van der Waals surface area contributed by atoms with Crippen LogP contribution in [0.2, 0.25) is 0 Å². The molecule has 27 heavy (non-hydrogen) atoms. The molecule has 7 nitrogen and oxygen atoms in total. The zero-order chi connectivity index (χ0) is 18.6. The fourth-order valence-electron chi connectivity index (χ4n) is 3.78. The lowest BCUT2D eigenvalue weighted by atomic mass is 9.96. The van der Waals surface area contributed by atoms with Gasteiger partial charge in [-0.1, -0.05) is 6.07 Å². The van der Waals surface area contributed by atoms with Gasteiger partial charge < -0.3 is 9.47 Å². The summed E-state index contributed by atoms with van der Waals surface area (Å²) in [7, 11) is 0. The van der Waals surface area contributed by atoms with Crippen LogP contribution in [0.4, 0.5) is 0 Å². The van der Waals surface area contributed by atoms with Crippen LogP contribution >= 0.6 is 0 Å². The zero-order valence-electron chi connectivity index (χ0n) is 15.5. The van der Waals surface area contributed by atoms with E-state index in [0.717, 1.165) is 30.9 Å². The molecule has 0 aromatic carbocycles. The molecule has 4 heterocycles. The molecule has 0 bridgehead atoms. The van der Waals surface area contributed by atoms with Crippen molar-refractivity contribution in [2.24, 2.45) is 0 Å². The second-order valence-electron chi connectivity index (χ2n) is 6.86. The fraction of sp³-hybridized carbons (Fsp3) is 0.400. The van der Waals surface area contributed by atoms with E-state index >= 15 is 0 Å². The van der Waals surface area contributed by atoms with Crippen LogP contribution in [0, 0.1) is 0 Å². The first-order chi connectivity index (χ1) is 13.3. The highest BCUT2D eigenvalue weighted by molar-refractivity contribution is 5.92. The van der Waals surface area contributed by atoms with Crippen LogP contribution in [0.25, 0.3) is 0 Å². The number of rotatable bonds is 5. The molecule has 0 aliphatic carbocycles. The fourth-order valence-corrected chi connectivity index (χ4v) is 3.78. The summed E-state index contributed by atoms with van der Waals surface area (Å²) in [4.78, 5) is 23.9. The van der Waals surface area contributed by atoms with Crippen molar-refractivity contribution < 1.29 is 4.79 Å². The molecule has 0 saturated carbocycles. The Morgan fingerprint density at radius 1 is 1.19 bits per heavy atom. The average Bonchev–Trinajstić information content (AvgIpc) is 3.37. The Hall–Kier alpha value is -2.96. The van der Waals surface area contributed by atoms with Crippen molar-refractivity contribution in [3.05, 3.63) is 66.3 Å². The van der Waals surface area contributed by atoms with E-state index in [1.807, 2.05) is 48.6 Å². The lowest BCUT2D eigenvalue weighted by Crippen LogP contribution is -2.40. The maximum absolute atomic E-state index is 13.0. The van der Waals surface area contributed by atoms with E-state index in [0.29, 0.717) is 25.3 Å². The second kappa shape index (κ2) is 7.73. The molecule has 1 aliphatic heterocycles. The molecular formula is C20H24N6O. The summed E-state index contributed by atoms with van der Waals surface area (Å²) < 4.78 is 3.91. The van der Waals surface area contributed by atoms with Gasteiger partial charge in [-0.05, 0) is 38.0 Å². The van der Waals surface area contributed by atoms with Gasteiger partial charge in [-0.3, -0.25) is 14.5 Å². The van der Waals surface area contributed by atoms with Gasteiger partial charge in [0.1, 0.15) is 11.5 Å². The van der Waals surface area contributed by atoms with Gasteiger partial charge in [0.15, 0.2) is 0 Å². The maximum Gasteiger partial charge on any atom is 0.272 e.